The molecule has 3 amide bonds. The monoisotopic (exact) mass is 387 g/mol. The van der Waals surface area contributed by atoms with Gasteiger partial charge in [0.05, 0.1) is 12.6 Å². The third-order valence-electron chi connectivity index (χ3n) is 5.03. The number of hydrogen-bond acceptors (Lipinski definition) is 4. The molecule has 0 bridgehead atoms. The minimum Gasteiger partial charge on any atom is -0.387 e. The Balaban J connectivity index is 2.28. The molecule has 1 heterocycles. The highest BCUT2D eigenvalue weighted by Crippen LogP contribution is 2.32. The highest BCUT2D eigenvalue weighted by atomic mass is 16.3. The van der Waals surface area contributed by atoms with Crippen LogP contribution in [0.5, 0.6) is 0 Å². The average molecular weight is 388 g/mol. The van der Waals surface area contributed by atoms with Crippen molar-refractivity contribution in [2.75, 3.05) is 6.54 Å². The second-order valence-electron chi connectivity index (χ2n) is 9.07. The van der Waals surface area contributed by atoms with Crippen molar-refractivity contribution >= 4 is 11.9 Å². The second kappa shape index (κ2) is 8.45. The van der Waals surface area contributed by atoms with Crippen molar-refractivity contribution in [1.82, 2.24) is 15.5 Å². The zero-order valence-electron chi connectivity index (χ0n) is 17.6. The molecular weight excluding hydrogens is 354 g/mol. The van der Waals surface area contributed by atoms with Gasteiger partial charge in [0.15, 0.2) is 0 Å². The molecule has 6 heteroatoms. The fourth-order valence-corrected chi connectivity index (χ4v) is 4.13. The third kappa shape index (κ3) is 5.91. The molecule has 1 atom stereocenters. The quantitative estimate of drug-likeness (QED) is 0.678. The minimum absolute atomic E-state index is 0.107. The lowest BCUT2D eigenvalue weighted by Gasteiger charge is -2.49. The lowest BCUT2D eigenvalue weighted by atomic mass is 9.79. The molecule has 1 unspecified atom stereocenters. The molecule has 1 aromatic rings. The molecule has 1 aliphatic rings. The van der Waals surface area contributed by atoms with Gasteiger partial charge in [0, 0.05) is 22.7 Å². The second-order valence-corrected chi connectivity index (χ2v) is 9.07. The number of piperidine rings is 1. The van der Waals surface area contributed by atoms with Crippen molar-refractivity contribution < 1.29 is 14.7 Å². The molecule has 1 fully saturated rings. The van der Waals surface area contributed by atoms with E-state index in [9.17, 15) is 14.7 Å². The Kier molecular flexibility index (Phi) is 6.67. The van der Waals surface area contributed by atoms with Gasteiger partial charge in [0.1, 0.15) is 0 Å². The van der Waals surface area contributed by atoms with Gasteiger partial charge in [-0.25, -0.2) is 4.79 Å². The Hall–Kier alpha value is -2.18. The lowest BCUT2D eigenvalue weighted by Crippen LogP contribution is -2.64. The first-order chi connectivity index (χ1) is 12.9. The number of rotatable bonds is 5. The van der Waals surface area contributed by atoms with Gasteiger partial charge in [-0.05, 0) is 53.0 Å². The number of imide groups is 1. The zero-order chi connectivity index (χ0) is 21.1. The standard InChI is InChI=1S/C22H33N3O3/c1-15(2)19(27)23-20(28)25(14-18(26)16-10-8-7-9-11-16)17-12-21(3,4)24-22(5,6)13-17/h7-11,17-18,24,26H,1,12-14H2,2-6H3,(H,23,27,28). The van der Waals surface area contributed by atoms with Crippen molar-refractivity contribution in [1.29, 1.82) is 0 Å². The number of carbonyl (C=O) groups excluding carboxylic acids is 2. The Morgan fingerprint density at radius 3 is 2.25 bits per heavy atom. The predicted octanol–water partition coefficient (Wildman–Crippen LogP) is 3.14. The van der Waals surface area contributed by atoms with E-state index in [1.54, 1.807) is 11.8 Å². The summed E-state index contributed by atoms with van der Waals surface area (Å²) in [6.45, 7) is 13.7. The van der Waals surface area contributed by atoms with E-state index in [2.05, 4.69) is 44.9 Å². The predicted molar refractivity (Wildman–Crippen MR) is 111 cm³/mol. The molecule has 0 aromatic heterocycles. The van der Waals surface area contributed by atoms with Crippen LogP contribution in [0.3, 0.4) is 0 Å². The van der Waals surface area contributed by atoms with Gasteiger partial charge in [-0.1, -0.05) is 36.9 Å². The fourth-order valence-electron chi connectivity index (χ4n) is 4.13. The summed E-state index contributed by atoms with van der Waals surface area (Å²) in [5.74, 6) is -0.503. The lowest BCUT2D eigenvalue weighted by molar-refractivity contribution is -0.116. The Morgan fingerprint density at radius 1 is 1.21 bits per heavy atom. The number of nitrogens with zero attached hydrogens (tertiary/aromatic N) is 1. The van der Waals surface area contributed by atoms with Crippen LogP contribution < -0.4 is 10.6 Å². The van der Waals surface area contributed by atoms with Gasteiger partial charge >= 0.3 is 6.03 Å². The van der Waals surface area contributed by atoms with Crippen molar-refractivity contribution in [2.24, 2.45) is 0 Å². The van der Waals surface area contributed by atoms with Crippen LogP contribution in [0.2, 0.25) is 0 Å². The maximum Gasteiger partial charge on any atom is 0.324 e. The van der Waals surface area contributed by atoms with E-state index in [0.29, 0.717) is 12.8 Å². The van der Waals surface area contributed by atoms with E-state index in [4.69, 9.17) is 0 Å². The van der Waals surface area contributed by atoms with Crippen LogP contribution in [-0.4, -0.2) is 45.6 Å². The molecule has 0 saturated carbocycles. The summed E-state index contributed by atoms with van der Waals surface area (Å²) in [6, 6.07) is 8.62. The number of aliphatic hydroxyl groups excluding tert-OH is 1. The van der Waals surface area contributed by atoms with Crippen molar-refractivity contribution in [3.8, 4) is 0 Å². The molecule has 3 N–H and O–H groups in total. The molecule has 0 radical (unpaired) electrons. The molecular formula is C22H33N3O3. The maximum atomic E-state index is 13.0. The van der Waals surface area contributed by atoms with Crippen molar-refractivity contribution in [2.45, 2.75) is 70.7 Å². The highest BCUT2D eigenvalue weighted by Gasteiger charge is 2.42. The molecule has 0 spiro atoms. The van der Waals surface area contributed by atoms with Crippen LogP contribution in [-0.2, 0) is 4.79 Å². The molecule has 154 valence electrons. The summed E-state index contributed by atoms with van der Waals surface area (Å²) in [6.07, 6.45) is 0.590. The normalized spacial score (nSPS) is 19.5. The molecule has 0 aliphatic carbocycles. The maximum absolute atomic E-state index is 13.0. The summed E-state index contributed by atoms with van der Waals surface area (Å²) < 4.78 is 0. The molecule has 1 aromatic carbocycles. The van der Waals surface area contributed by atoms with E-state index < -0.39 is 18.0 Å². The smallest absolute Gasteiger partial charge is 0.324 e. The summed E-state index contributed by atoms with van der Waals surface area (Å²) in [4.78, 5) is 26.6. The van der Waals surface area contributed by atoms with Crippen LogP contribution in [0.25, 0.3) is 0 Å². The van der Waals surface area contributed by atoms with Crippen LogP contribution in [0.4, 0.5) is 4.79 Å². The highest BCUT2D eigenvalue weighted by molar-refractivity contribution is 6.03. The van der Waals surface area contributed by atoms with Crippen LogP contribution >= 0.6 is 0 Å². The zero-order valence-corrected chi connectivity index (χ0v) is 17.6. The summed E-state index contributed by atoms with van der Waals surface area (Å²) in [5.41, 5.74) is 0.643. The van der Waals surface area contributed by atoms with E-state index in [1.807, 2.05) is 30.3 Å². The Labute approximate surface area is 168 Å². The Morgan fingerprint density at radius 2 is 1.75 bits per heavy atom. The first-order valence-electron chi connectivity index (χ1n) is 9.70. The average Bonchev–Trinajstić information content (AvgIpc) is 2.57. The molecule has 6 nitrogen and oxygen atoms in total. The topological polar surface area (TPSA) is 81.7 Å². The number of nitrogens with one attached hydrogen (secondary N) is 2. The molecule has 28 heavy (non-hydrogen) atoms. The summed E-state index contributed by atoms with van der Waals surface area (Å²) in [5, 5.41) is 16.7. The van der Waals surface area contributed by atoms with Crippen LogP contribution in [0, 0.1) is 0 Å². The van der Waals surface area contributed by atoms with Gasteiger partial charge < -0.3 is 15.3 Å². The first kappa shape index (κ1) is 22.1. The third-order valence-corrected chi connectivity index (χ3v) is 5.03. The van der Waals surface area contributed by atoms with Gasteiger partial charge in [0.25, 0.3) is 5.91 Å². The van der Waals surface area contributed by atoms with E-state index in [-0.39, 0.29) is 29.2 Å². The number of benzene rings is 1. The van der Waals surface area contributed by atoms with Gasteiger partial charge in [0.2, 0.25) is 0 Å². The van der Waals surface area contributed by atoms with E-state index in [0.717, 1.165) is 5.56 Å². The van der Waals surface area contributed by atoms with Gasteiger partial charge in [-0.2, -0.15) is 0 Å². The van der Waals surface area contributed by atoms with Crippen molar-refractivity contribution in [3.63, 3.8) is 0 Å². The van der Waals surface area contributed by atoms with E-state index >= 15 is 0 Å². The van der Waals surface area contributed by atoms with Crippen LogP contribution in [0.15, 0.2) is 42.5 Å². The largest absolute Gasteiger partial charge is 0.387 e. The minimum atomic E-state index is -0.840. The number of hydrogen-bond donors (Lipinski definition) is 3. The van der Waals surface area contributed by atoms with Gasteiger partial charge in [-0.15, -0.1) is 0 Å². The molecule has 1 aliphatic heterocycles. The number of carbonyl (C=O) groups is 2. The summed E-state index contributed by atoms with van der Waals surface area (Å²) in [7, 11) is 0. The number of amides is 3. The molecule has 1 saturated heterocycles. The first-order valence-corrected chi connectivity index (χ1v) is 9.70. The fraction of sp³-hybridized carbons (Fsp3) is 0.545. The number of urea groups is 1. The SMILES string of the molecule is C=C(C)C(=O)NC(=O)N(CC(O)c1ccccc1)C1CC(C)(C)NC(C)(C)C1. The van der Waals surface area contributed by atoms with Gasteiger partial charge in [-0.3, -0.25) is 10.1 Å². The van der Waals surface area contributed by atoms with Crippen molar-refractivity contribution in [3.05, 3.63) is 48.0 Å². The Bertz CT molecular complexity index is 712. The number of aliphatic hydroxyl groups is 1. The van der Waals surface area contributed by atoms with Crippen LogP contribution in [0.1, 0.15) is 59.1 Å². The molecule has 2 rings (SSSR count). The summed E-state index contributed by atoms with van der Waals surface area (Å²) >= 11 is 0. The van der Waals surface area contributed by atoms with E-state index in [1.165, 1.54) is 0 Å².